The van der Waals surface area contributed by atoms with E-state index < -0.39 is 0 Å². The molecule has 0 radical (unpaired) electrons. The van der Waals surface area contributed by atoms with Crippen LogP contribution in [0, 0.1) is 0 Å². The van der Waals surface area contributed by atoms with Crippen LogP contribution in [0.1, 0.15) is 30.9 Å². The lowest BCUT2D eigenvalue weighted by molar-refractivity contribution is -0.129. The number of aromatic amines is 1. The smallest absolute Gasteiger partial charge is 0.233 e. The molecule has 31 heavy (non-hydrogen) atoms. The second kappa shape index (κ2) is 8.70. The second-order valence-electron chi connectivity index (χ2n) is 7.72. The highest BCUT2D eigenvalue weighted by Gasteiger charge is 2.30. The Balaban J connectivity index is 1.27. The molecule has 3 aromatic rings. The molecule has 2 aliphatic heterocycles. The van der Waals surface area contributed by atoms with Gasteiger partial charge in [-0.1, -0.05) is 17.8 Å². The van der Waals surface area contributed by atoms with Gasteiger partial charge in [-0.25, -0.2) is 4.98 Å². The molecule has 2 aromatic carbocycles. The van der Waals surface area contributed by atoms with Crippen LogP contribution in [0.5, 0.6) is 17.2 Å². The van der Waals surface area contributed by atoms with Crippen LogP contribution in [0.2, 0.25) is 0 Å². The molecule has 3 heterocycles. The van der Waals surface area contributed by atoms with Crippen molar-refractivity contribution in [3.63, 3.8) is 0 Å². The van der Waals surface area contributed by atoms with Gasteiger partial charge >= 0.3 is 0 Å². The summed E-state index contributed by atoms with van der Waals surface area (Å²) >= 11 is 1.43. The van der Waals surface area contributed by atoms with E-state index in [9.17, 15) is 4.79 Å². The predicted molar refractivity (Wildman–Crippen MR) is 119 cm³/mol. The van der Waals surface area contributed by atoms with Crippen molar-refractivity contribution in [3.8, 4) is 17.2 Å². The number of imidazole rings is 1. The van der Waals surface area contributed by atoms with Crippen LogP contribution in [0.3, 0.4) is 0 Å². The van der Waals surface area contributed by atoms with Gasteiger partial charge in [0, 0.05) is 19.0 Å². The van der Waals surface area contributed by atoms with Crippen LogP contribution in [0.15, 0.2) is 41.6 Å². The number of carbonyl (C=O) groups excluding carboxylic acids is 1. The monoisotopic (exact) mass is 439 g/mol. The van der Waals surface area contributed by atoms with E-state index in [1.807, 2.05) is 35.2 Å². The van der Waals surface area contributed by atoms with Crippen molar-refractivity contribution >= 4 is 28.7 Å². The van der Waals surface area contributed by atoms with Crippen molar-refractivity contribution < 1.29 is 19.0 Å². The van der Waals surface area contributed by atoms with Crippen molar-refractivity contribution in [2.45, 2.75) is 30.5 Å². The Hall–Kier alpha value is -2.87. The summed E-state index contributed by atoms with van der Waals surface area (Å²) in [4.78, 5) is 22.9. The normalized spacial score (nSPS) is 18.2. The fraction of sp³-hybridized carbons (Fsp3) is 0.391. The van der Waals surface area contributed by atoms with E-state index in [4.69, 9.17) is 14.2 Å². The third kappa shape index (κ3) is 4.17. The molecule has 1 N–H and O–H groups in total. The quantitative estimate of drug-likeness (QED) is 0.601. The van der Waals surface area contributed by atoms with Gasteiger partial charge < -0.3 is 24.1 Å². The Morgan fingerprint density at radius 3 is 2.94 bits per heavy atom. The van der Waals surface area contributed by atoms with Gasteiger partial charge in [-0.15, -0.1) is 0 Å². The first-order valence-corrected chi connectivity index (χ1v) is 11.6. The minimum absolute atomic E-state index is 0.0742. The average molecular weight is 440 g/mol. The zero-order valence-electron chi connectivity index (χ0n) is 17.4. The third-order valence-electron chi connectivity index (χ3n) is 5.73. The van der Waals surface area contributed by atoms with Gasteiger partial charge in [0.05, 0.1) is 43.2 Å². The number of benzene rings is 2. The van der Waals surface area contributed by atoms with Gasteiger partial charge in [0.15, 0.2) is 16.7 Å². The molecule has 0 aliphatic carbocycles. The molecule has 1 atom stereocenters. The van der Waals surface area contributed by atoms with E-state index in [0.29, 0.717) is 19.0 Å². The zero-order valence-corrected chi connectivity index (χ0v) is 18.2. The average Bonchev–Trinajstić information content (AvgIpc) is 3.38. The van der Waals surface area contributed by atoms with Crippen molar-refractivity contribution in [2.24, 2.45) is 0 Å². The van der Waals surface area contributed by atoms with E-state index in [2.05, 4.69) is 16.0 Å². The second-order valence-corrected chi connectivity index (χ2v) is 8.68. The fourth-order valence-corrected chi connectivity index (χ4v) is 4.94. The molecular formula is C23H25N3O4S. The SMILES string of the molecule is COc1ccc2nc(SCC(=O)N3CCC[C@H]3c3ccc4c(c3)OCCCO4)[nH]c2c1. The summed E-state index contributed by atoms with van der Waals surface area (Å²) in [7, 11) is 1.64. The molecule has 1 saturated heterocycles. The highest BCUT2D eigenvalue weighted by atomic mass is 32.2. The summed E-state index contributed by atoms with van der Waals surface area (Å²) < 4.78 is 16.8. The van der Waals surface area contributed by atoms with Gasteiger partial charge in [0.25, 0.3) is 0 Å². The topological polar surface area (TPSA) is 76.7 Å². The highest BCUT2D eigenvalue weighted by molar-refractivity contribution is 7.99. The molecule has 2 aliphatic rings. The number of ether oxygens (including phenoxy) is 3. The molecule has 162 valence electrons. The summed E-state index contributed by atoms with van der Waals surface area (Å²) in [6, 6.07) is 11.8. The maximum absolute atomic E-state index is 13.0. The first kappa shape index (κ1) is 20.1. The van der Waals surface area contributed by atoms with E-state index in [0.717, 1.165) is 64.8 Å². The predicted octanol–water partition coefficient (Wildman–Crippen LogP) is 4.19. The van der Waals surface area contributed by atoms with Crippen LogP contribution in [0.25, 0.3) is 11.0 Å². The van der Waals surface area contributed by atoms with Gasteiger partial charge in [-0.3, -0.25) is 4.79 Å². The highest BCUT2D eigenvalue weighted by Crippen LogP contribution is 2.38. The van der Waals surface area contributed by atoms with Crippen LogP contribution < -0.4 is 14.2 Å². The molecule has 1 fully saturated rings. The van der Waals surface area contributed by atoms with Crippen LogP contribution in [-0.2, 0) is 4.79 Å². The van der Waals surface area contributed by atoms with Crippen molar-refractivity contribution in [3.05, 3.63) is 42.0 Å². The first-order chi connectivity index (χ1) is 15.2. The molecule has 7 nitrogen and oxygen atoms in total. The molecule has 5 rings (SSSR count). The van der Waals surface area contributed by atoms with E-state index >= 15 is 0 Å². The van der Waals surface area contributed by atoms with E-state index in [1.54, 1.807) is 7.11 Å². The Kier molecular flexibility index (Phi) is 5.63. The number of amides is 1. The van der Waals surface area contributed by atoms with Gasteiger partial charge in [0.1, 0.15) is 5.75 Å². The van der Waals surface area contributed by atoms with Gasteiger partial charge in [-0.05, 0) is 42.7 Å². The standard InChI is InChI=1S/C23H25N3O4S/c1-28-16-6-7-17-18(13-16)25-23(24-17)31-14-22(27)26-9-2-4-19(26)15-5-8-20-21(12-15)30-11-3-10-29-20/h5-8,12-13,19H,2-4,9-11,14H2,1H3,(H,24,25)/t19-/m0/s1. The van der Waals surface area contributed by atoms with E-state index in [-0.39, 0.29) is 11.9 Å². The molecule has 0 saturated carbocycles. The number of methoxy groups -OCH3 is 1. The number of fused-ring (bicyclic) bond motifs is 2. The fourth-order valence-electron chi connectivity index (χ4n) is 4.17. The molecule has 0 bridgehead atoms. The molecule has 0 unspecified atom stereocenters. The maximum Gasteiger partial charge on any atom is 0.233 e. The van der Waals surface area contributed by atoms with Crippen LogP contribution in [0.4, 0.5) is 0 Å². The summed E-state index contributed by atoms with van der Waals surface area (Å²) in [5.74, 6) is 2.81. The number of H-pyrrole nitrogens is 1. The van der Waals surface area contributed by atoms with E-state index in [1.165, 1.54) is 11.8 Å². The maximum atomic E-state index is 13.0. The Morgan fingerprint density at radius 2 is 2.06 bits per heavy atom. The number of carbonyl (C=O) groups is 1. The summed E-state index contributed by atoms with van der Waals surface area (Å²) in [5.41, 5.74) is 2.87. The molecular weight excluding hydrogens is 414 g/mol. The number of likely N-dealkylation sites (tertiary alicyclic amines) is 1. The largest absolute Gasteiger partial charge is 0.497 e. The van der Waals surface area contributed by atoms with Crippen LogP contribution >= 0.6 is 11.8 Å². The number of nitrogens with zero attached hydrogens (tertiary/aromatic N) is 2. The zero-order chi connectivity index (χ0) is 21.2. The lowest BCUT2D eigenvalue weighted by Crippen LogP contribution is -2.32. The van der Waals surface area contributed by atoms with Gasteiger partial charge in [-0.2, -0.15) is 0 Å². The molecule has 1 aromatic heterocycles. The number of hydrogen-bond acceptors (Lipinski definition) is 6. The minimum Gasteiger partial charge on any atom is -0.497 e. The molecule has 8 heteroatoms. The minimum atomic E-state index is 0.0742. The van der Waals surface area contributed by atoms with Gasteiger partial charge in [0.2, 0.25) is 5.91 Å². The Labute approximate surface area is 185 Å². The summed E-state index contributed by atoms with van der Waals surface area (Å²) in [6.07, 6.45) is 2.84. The van der Waals surface area contributed by atoms with Crippen LogP contribution in [-0.4, -0.2) is 53.4 Å². The summed E-state index contributed by atoms with van der Waals surface area (Å²) in [5, 5.41) is 0.739. The Bertz CT molecular complexity index is 1100. The summed E-state index contributed by atoms with van der Waals surface area (Å²) in [6.45, 7) is 2.10. The first-order valence-electron chi connectivity index (χ1n) is 10.6. The molecule has 0 spiro atoms. The van der Waals surface area contributed by atoms with Crippen molar-refractivity contribution in [1.82, 2.24) is 14.9 Å². The van der Waals surface area contributed by atoms with Crippen molar-refractivity contribution in [2.75, 3.05) is 32.6 Å². The number of thioether (sulfide) groups is 1. The lowest BCUT2D eigenvalue weighted by Gasteiger charge is -2.25. The Morgan fingerprint density at radius 1 is 1.19 bits per heavy atom. The molecule has 1 amide bonds. The number of rotatable bonds is 5. The number of aromatic nitrogens is 2. The number of hydrogen-bond donors (Lipinski definition) is 1. The lowest BCUT2D eigenvalue weighted by atomic mass is 10.0. The van der Waals surface area contributed by atoms with Crippen molar-refractivity contribution in [1.29, 1.82) is 0 Å². The number of nitrogens with one attached hydrogen (secondary N) is 1. The third-order valence-corrected chi connectivity index (χ3v) is 6.59.